The molecule has 2 aliphatic carbocycles. The van der Waals surface area contributed by atoms with E-state index < -0.39 is 0 Å². The third kappa shape index (κ3) is 1.07. The molecule has 2 nitrogen and oxygen atoms in total. The summed E-state index contributed by atoms with van der Waals surface area (Å²) >= 11 is 0. The van der Waals surface area contributed by atoms with Crippen LogP contribution in [0.5, 0.6) is 0 Å². The van der Waals surface area contributed by atoms with Gasteiger partial charge < -0.3 is 10.2 Å². The van der Waals surface area contributed by atoms with E-state index in [1.165, 1.54) is 44.2 Å². The highest BCUT2D eigenvalue weighted by Crippen LogP contribution is 2.60. The van der Waals surface area contributed by atoms with Gasteiger partial charge in [0.15, 0.2) is 0 Å². The molecule has 2 fully saturated rings. The molecule has 0 aromatic carbocycles. The summed E-state index contributed by atoms with van der Waals surface area (Å²) < 4.78 is 0. The normalized spacial score (nSPS) is 37.5. The van der Waals surface area contributed by atoms with E-state index in [2.05, 4.69) is 40.8 Å². The van der Waals surface area contributed by atoms with E-state index in [9.17, 15) is 0 Å². The Morgan fingerprint density at radius 3 is 2.94 bits per heavy atom. The minimum atomic E-state index is 0.214. The van der Waals surface area contributed by atoms with Crippen molar-refractivity contribution in [2.75, 3.05) is 0 Å². The van der Waals surface area contributed by atoms with Crippen molar-refractivity contribution in [3.05, 3.63) is 36.3 Å². The molecule has 2 heteroatoms. The van der Waals surface area contributed by atoms with Crippen molar-refractivity contribution < 1.29 is 0 Å². The average Bonchev–Trinajstić information content (AvgIpc) is 2.97. The third-order valence-electron chi connectivity index (χ3n) is 4.76. The topological polar surface area (TPSA) is 15.3 Å². The highest BCUT2D eigenvalue weighted by molar-refractivity contribution is 5.34. The lowest BCUT2D eigenvalue weighted by Gasteiger charge is -2.45. The van der Waals surface area contributed by atoms with Crippen LogP contribution in [0.3, 0.4) is 0 Å². The fourth-order valence-corrected chi connectivity index (χ4v) is 3.73. The zero-order chi connectivity index (χ0) is 10.6. The van der Waals surface area contributed by atoms with Gasteiger partial charge in [-0.1, -0.05) is 6.08 Å². The first-order valence-electron chi connectivity index (χ1n) is 6.44. The standard InChI is InChI=1S/C14H18N2/c1-2-9-16-12(4-1)10-15-14(16)6-3-5-13(11-14)7-8-13/h1-2,4,9-10,15H,3,5-8,11H2. The van der Waals surface area contributed by atoms with Crippen LogP contribution in [-0.2, 0) is 0 Å². The van der Waals surface area contributed by atoms with Crippen molar-refractivity contribution in [3.8, 4) is 0 Å². The van der Waals surface area contributed by atoms with Crippen LogP contribution >= 0.6 is 0 Å². The van der Waals surface area contributed by atoms with Gasteiger partial charge in [0.25, 0.3) is 0 Å². The number of nitrogens with zero attached hydrogens (tertiary/aromatic N) is 1. The first-order chi connectivity index (χ1) is 7.82. The van der Waals surface area contributed by atoms with E-state index in [0.29, 0.717) is 5.41 Å². The van der Waals surface area contributed by atoms with Crippen LogP contribution in [0.15, 0.2) is 36.3 Å². The lowest BCUT2D eigenvalue weighted by atomic mass is 9.78. The van der Waals surface area contributed by atoms with Gasteiger partial charge >= 0.3 is 0 Å². The van der Waals surface area contributed by atoms with Crippen molar-refractivity contribution in [2.24, 2.45) is 5.41 Å². The molecule has 0 radical (unpaired) electrons. The molecule has 4 rings (SSSR count). The molecule has 1 N–H and O–H groups in total. The monoisotopic (exact) mass is 214 g/mol. The zero-order valence-electron chi connectivity index (χ0n) is 9.58. The van der Waals surface area contributed by atoms with Crippen LogP contribution in [0.4, 0.5) is 0 Å². The molecule has 84 valence electrons. The summed E-state index contributed by atoms with van der Waals surface area (Å²) in [5.41, 5.74) is 2.25. The Morgan fingerprint density at radius 1 is 1.12 bits per heavy atom. The number of hydrogen-bond acceptors (Lipinski definition) is 2. The largest absolute Gasteiger partial charge is 0.367 e. The summed E-state index contributed by atoms with van der Waals surface area (Å²) in [5.74, 6) is 0. The minimum absolute atomic E-state index is 0.214. The Labute approximate surface area is 96.7 Å². The second-order valence-corrected chi connectivity index (χ2v) is 5.85. The van der Waals surface area contributed by atoms with Crippen molar-refractivity contribution in [1.82, 2.24) is 10.2 Å². The van der Waals surface area contributed by atoms with Crippen LogP contribution in [0.1, 0.15) is 38.5 Å². The molecule has 1 atom stereocenters. The molecule has 2 spiro atoms. The maximum Gasteiger partial charge on any atom is 0.114 e. The summed E-state index contributed by atoms with van der Waals surface area (Å²) in [7, 11) is 0. The van der Waals surface area contributed by atoms with Gasteiger partial charge in [0.1, 0.15) is 5.66 Å². The van der Waals surface area contributed by atoms with E-state index in [4.69, 9.17) is 0 Å². The zero-order valence-corrected chi connectivity index (χ0v) is 9.58. The molecule has 1 unspecified atom stereocenters. The van der Waals surface area contributed by atoms with Crippen molar-refractivity contribution in [3.63, 3.8) is 0 Å². The first kappa shape index (κ1) is 8.91. The van der Waals surface area contributed by atoms with Crippen LogP contribution < -0.4 is 5.32 Å². The molecule has 0 saturated heterocycles. The molecule has 2 aliphatic heterocycles. The van der Waals surface area contributed by atoms with Gasteiger partial charge in [-0.25, -0.2) is 0 Å². The van der Waals surface area contributed by atoms with Crippen molar-refractivity contribution >= 4 is 0 Å². The molecule has 2 saturated carbocycles. The molecule has 16 heavy (non-hydrogen) atoms. The van der Waals surface area contributed by atoms with Gasteiger partial charge in [0, 0.05) is 12.4 Å². The molecule has 0 bridgehead atoms. The minimum Gasteiger partial charge on any atom is -0.367 e. The van der Waals surface area contributed by atoms with Crippen LogP contribution in [0.2, 0.25) is 0 Å². The molecule has 0 aromatic rings. The van der Waals surface area contributed by atoms with Gasteiger partial charge in [0.2, 0.25) is 0 Å². The smallest absolute Gasteiger partial charge is 0.114 e. The Bertz CT molecular complexity index is 414. The van der Waals surface area contributed by atoms with Crippen LogP contribution in [0, 0.1) is 5.41 Å². The Hall–Kier alpha value is -1.18. The SMILES string of the molecule is C1=CC2=CNC3(CCCC4(CC4)C3)N2C=C1. The number of rotatable bonds is 0. The maximum absolute atomic E-state index is 3.67. The number of nitrogens with one attached hydrogen (secondary N) is 1. The van der Waals surface area contributed by atoms with E-state index in [0.717, 1.165) is 0 Å². The Kier molecular flexibility index (Phi) is 1.52. The summed E-state index contributed by atoms with van der Waals surface area (Å²) in [6, 6.07) is 0. The maximum atomic E-state index is 3.67. The highest BCUT2D eigenvalue weighted by Gasteiger charge is 2.54. The average molecular weight is 214 g/mol. The van der Waals surface area contributed by atoms with Crippen LogP contribution in [-0.4, -0.2) is 10.6 Å². The summed E-state index contributed by atoms with van der Waals surface area (Å²) in [6.07, 6.45) is 19.3. The number of hydrogen-bond donors (Lipinski definition) is 1. The number of allylic oxidation sites excluding steroid dienone is 3. The van der Waals surface area contributed by atoms with Crippen LogP contribution in [0.25, 0.3) is 0 Å². The molecular weight excluding hydrogens is 196 g/mol. The second kappa shape index (κ2) is 2.73. The van der Waals surface area contributed by atoms with Crippen molar-refractivity contribution in [2.45, 2.75) is 44.2 Å². The van der Waals surface area contributed by atoms with E-state index in [1.54, 1.807) is 0 Å². The quantitative estimate of drug-likeness (QED) is 0.667. The lowest BCUT2D eigenvalue weighted by Crippen LogP contribution is -2.53. The molecular formula is C14H18N2. The molecule has 2 heterocycles. The van der Waals surface area contributed by atoms with Crippen molar-refractivity contribution in [1.29, 1.82) is 0 Å². The predicted molar refractivity (Wildman–Crippen MR) is 64.2 cm³/mol. The predicted octanol–water partition coefficient (Wildman–Crippen LogP) is 2.87. The van der Waals surface area contributed by atoms with E-state index in [-0.39, 0.29) is 5.66 Å². The van der Waals surface area contributed by atoms with E-state index in [1.807, 2.05) is 0 Å². The first-order valence-corrected chi connectivity index (χ1v) is 6.44. The molecule has 4 aliphatic rings. The number of fused-ring (bicyclic) bond motifs is 2. The van der Waals surface area contributed by atoms with E-state index >= 15 is 0 Å². The lowest BCUT2D eigenvalue weighted by molar-refractivity contribution is 0.0833. The summed E-state index contributed by atoms with van der Waals surface area (Å²) in [5, 5.41) is 3.67. The second-order valence-electron chi connectivity index (χ2n) is 5.85. The highest BCUT2D eigenvalue weighted by atomic mass is 15.4. The molecule has 0 amide bonds. The van der Waals surface area contributed by atoms with Gasteiger partial charge in [-0.3, -0.25) is 0 Å². The summed E-state index contributed by atoms with van der Waals surface area (Å²) in [6.45, 7) is 0. The Morgan fingerprint density at radius 2 is 2.06 bits per heavy atom. The summed E-state index contributed by atoms with van der Waals surface area (Å²) in [4.78, 5) is 2.46. The molecule has 0 aromatic heterocycles. The van der Waals surface area contributed by atoms with Gasteiger partial charge in [-0.15, -0.1) is 0 Å². The fourth-order valence-electron chi connectivity index (χ4n) is 3.73. The third-order valence-corrected chi connectivity index (χ3v) is 4.76. The van der Waals surface area contributed by atoms with Gasteiger partial charge in [-0.05, 0) is 56.1 Å². The van der Waals surface area contributed by atoms with Gasteiger partial charge in [0.05, 0.1) is 5.70 Å². The fraction of sp³-hybridized carbons (Fsp3) is 0.571. The Balaban J connectivity index is 1.68. The van der Waals surface area contributed by atoms with Gasteiger partial charge in [-0.2, -0.15) is 0 Å².